The molecule has 1 aliphatic rings. The molecule has 1 saturated carbocycles. The number of benzene rings is 1. The molecule has 1 aromatic rings. The van der Waals surface area contributed by atoms with E-state index >= 15 is 0 Å². The fourth-order valence-electron chi connectivity index (χ4n) is 3.36. The standard InChI is InChI=1S/C19H28O/c1-3-5-6-7-16-10-13-18(19(20)14-16)17-11-8-15(4-2)9-12-17/h8-9,11-12,16,18H,3-7,10,13-14H2,1-2H3. The number of carbonyl (C=O) groups excluding carboxylic acids is 1. The SMILES string of the molecule is CCCCCC1CCC(c2ccc(CC)cc2)C(=O)C1. The van der Waals surface area contributed by atoms with Crippen molar-refractivity contribution in [1.82, 2.24) is 0 Å². The monoisotopic (exact) mass is 272 g/mol. The van der Waals surface area contributed by atoms with Crippen molar-refractivity contribution < 1.29 is 4.79 Å². The lowest BCUT2D eigenvalue weighted by atomic mass is 9.76. The Hall–Kier alpha value is -1.11. The molecule has 1 aromatic carbocycles. The summed E-state index contributed by atoms with van der Waals surface area (Å²) in [5.74, 6) is 1.30. The zero-order valence-corrected chi connectivity index (χ0v) is 13.0. The van der Waals surface area contributed by atoms with Crippen molar-refractivity contribution in [3.63, 3.8) is 0 Å². The Morgan fingerprint density at radius 2 is 1.80 bits per heavy atom. The molecule has 1 fully saturated rings. The molecular weight excluding hydrogens is 244 g/mol. The lowest BCUT2D eigenvalue weighted by Gasteiger charge is -2.27. The van der Waals surface area contributed by atoms with Gasteiger partial charge in [-0.05, 0) is 36.3 Å². The number of unbranched alkanes of at least 4 members (excludes halogenated alkanes) is 2. The van der Waals surface area contributed by atoms with Gasteiger partial charge in [0.1, 0.15) is 5.78 Å². The Balaban J connectivity index is 1.90. The average molecular weight is 272 g/mol. The molecule has 20 heavy (non-hydrogen) atoms. The maximum atomic E-state index is 12.4. The molecule has 2 unspecified atom stereocenters. The highest BCUT2D eigenvalue weighted by atomic mass is 16.1. The summed E-state index contributed by atoms with van der Waals surface area (Å²) >= 11 is 0. The second-order valence-corrected chi connectivity index (χ2v) is 6.26. The third-order valence-corrected chi connectivity index (χ3v) is 4.75. The zero-order chi connectivity index (χ0) is 14.4. The second-order valence-electron chi connectivity index (χ2n) is 6.26. The van der Waals surface area contributed by atoms with Gasteiger partial charge in [-0.1, -0.05) is 63.8 Å². The quantitative estimate of drug-likeness (QED) is 0.644. The van der Waals surface area contributed by atoms with E-state index in [-0.39, 0.29) is 5.92 Å². The van der Waals surface area contributed by atoms with E-state index in [0.29, 0.717) is 11.7 Å². The van der Waals surface area contributed by atoms with Crippen LogP contribution >= 0.6 is 0 Å². The summed E-state index contributed by atoms with van der Waals surface area (Å²) in [4.78, 5) is 12.4. The Morgan fingerprint density at radius 3 is 2.40 bits per heavy atom. The molecule has 1 heteroatoms. The second kappa shape index (κ2) is 7.61. The molecule has 0 amide bonds. The average Bonchev–Trinajstić information content (AvgIpc) is 2.48. The van der Waals surface area contributed by atoms with E-state index in [1.54, 1.807) is 0 Å². The van der Waals surface area contributed by atoms with Crippen LogP contribution in [0.15, 0.2) is 24.3 Å². The molecule has 2 atom stereocenters. The van der Waals surface area contributed by atoms with E-state index < -0.39 is 0 Å². The lowest BCUT2D eigenvalue weighted by Crippen LogP contribution is -2.23. The normalized spacial score (nSPS) is 23.0. The zero-order valence-electron chi connectivity index (χ0n) is 13.0. The van der Waals surface area contributed by atoms with Crippen LogP contribution in [0.25, 0.3) is 0 Å². The number of rotatable bonds is 6. The van der Waals surface area contributed by atoms with Gasteiger partial charge in [0.15, 0.2) is 0 Å². The predicted octanol–water partition coefficient (Wildman–Crippen LogP) is 5.28. The summed E-state index contributed by atoms with van der Waals surface area (Å²) in [6.07, 6.45) is 9.30. The van der Waals surface area contributed by atoms with Gasteiger partial charge in [-0.15, -0.1) is 0 Å². The highest BCUT2D eigenvalue weighted by Gasteiger charge is 2.29. The highest BCUT2D eigenvalue weighted by Crippen LogP contribution is 2.35. The molecule has 0 aliphatic heterocycles. The first-order chi connectivity index (χ1) is 9.74. The van der Waals surface area contributed by atoms with Crippen LogP contribution in [0.3, 0.4) is 0 Å². The number of Topliss-reactive ketones (excluding diaryl/α,β-unsaturated/α-hetero) is 1. The van der Waals surface area contributed by atoms with Gasteiger partial charge in [0.05, 0.1) is 0 Å². The Kier molecular flexibility index (Phi) is 5.82. The van der Waals surface area contributed by atoms with E-state index in [1.807, 2.05) is 0 Å². The fraction of sp³-hybridized carbons (Fsp3) is 0.632. The van der Waals surface area contributed by atoms with Crippen molar-refractivity contribution in [2.75, 3.05) is 0 Å². The maximum absolute atomic E-state index is 12.4. The molecule has 0 aromatic heterocycles. The van der Waals surface area contributed by atoms with Crippen molar-refractivity contribution in [2.45, 2.75) is 71.1 Å². The van der Waals surface area contributed by atoms with Crippen LogP contribution in [0.2, 0.25) is 0 Å². The summed E-state index contributed by atoms with van der Waals surface area (Å²) < 4.78 is 0. The summed E-state index contributed by atoms with van der Waals surface area (Å²) in [5.41, 5.74) is 2.59. The minimum atomic E-state index is 0.170. The Labute approximate surface area is 123 Å². The first-order valence-electron chi connectivity index (χ1n) is 8.36. The minimum Gasteiger partial charge on any atom is -0.299 e. The van der Waals surface area contributed by atoms with Crippen molar-refractivity contribution in [3.05, 3.63) is 35.4 Å². The molecule has 0 heterocycles. The minimum absolute atomic E-state index is 0.170. The van der Waals surface area contributed by atoms with Gasteiger partial charge >= 0.3 is 0 Å². The molecular formula is C19H28O. The Bertz CT molecular complexity index is 418. The first kappa shape index (κ1) is 15.3. The summed E-state index contributed by atoms with van der Waals surface area (Å²) in [6, 6.07) is 8.68. The van der Waals surface area contributed by atoms with E-state index in [0.717, 1.165) is 19.3 Å². The number of hydrogen-bond donors (Lipinski definition) is 0. The summed E-state index contributed by atoms with van der Waals surface area (Å²) in [5, 5.41) is 0. The van der Waals surface area contributed by atoms with E-state index in [1.165, 1.54) is 43.2 Å². The van der Waals surface area contributed by atoms with E-state index in [9.17, 15) is 4.79 Å². The van der Waals surface area contributed by atoms with Gasteiger partial charge < -0.3 is 0 Å². The van der Waals surface area contributed by atoms with Crippen molar-refractivity contribution in [1.29, 1.82) is 0 Å². The number of hydrogen-bond acceptors (Lipinski definition) is 1. The fourth-order valence-corrected chi connectivity index (χ4v) is 3.36. The number of ketones is 1. The smallest absolute Gasteiger partial charge is 0.140 e. The number of carbonyl (C=O) groups is 1. The maximum Gasteiger partial charge on any atom is 0.140 e. The molecule has 1 aliphatic carbocycles. The van der Waals surface area contributed by atoms with Gasteiger partial charge in [0.2, 0.25) is 0 Å². The van der Waals surface area contributed by atoms with Gasteiger partial charge in [0, 0.05) is 12.3 Å². The van der Waals surface area contributed by atoms with Gasteiger partial charge in [-0.25, -0.2) is 0 Å². The van der Waals surface area contributed by atoms with E-state index in [2.05, 4.69) is 38.1 Å². The Morgan fingerprint density at radius 1 is 1.05 bits per heavy atom. The van der Waals surface area contributed by atoms with Crippen molar-refractivity contribution >= 4 is 5.78 Å². The van der Waals surface area contributed by atoms with Crippen molar-refractivity contribution in [2.24, 2.45) is 5.92 Å². The van der Waals surface area contributed by atoms with Gasteiger partial charge in [0.25, 0.3) is 0 Å². The topological polar surface area (TPSA) is 17.1 Å². The van der Waals surface area contributed by atoms with Crippen LogP contribution in [0, 0.1) is 5.92 Å². The van der Waals surface area contributed by atoms with Crippen molar-refractivity contribution in [3.8, 4) is 0 Å². The van der Waals surface area contributed by atoms with Crippen LogP contribution in [0.1, 0.15) is 75.8 Å². The first-order valence-corrected chi connectivity index (χ1v) is 8.36. The van der Waals surface area contributed by atoms with E-state index in [4.69, 9.17) is 0 Å². The summed E-state index contributed by atoms with van der Waals surface area (Å²) in [6.45, 7) is 4.41. The largest absolute Gasteiger partial charge is 0.299 e. The molecule has 1 nitrogen and oxygen atoms in total. The van der Waals surface area contributed by atoms with Crippen LogP contribution < -0.4 is 0 Å². The molecule has 0 saturated heterocycles. The summed E-state index contributed by atoms with van der Waals surface area (Å²) in [7, 11) is 0. The number of aryl methyl sites for hydroxylation is 1. The third-order valence-electron chi connectivity index (χ3n) is 4.75. The van der Waals surface area contributed by atoms with Crippen LogP contribution in [-0.4, -0.2) is 5.78 Å². The van der Waals surface area contributed by atoms with Gasteiger partial charge in [-0.3, -0.25) is 4.79 Å². The highest BCUT2D eigenvalue weighted by molar-refractivity contribution is 5.86. The lowest BCUT2D eigenvalue weighted by molar-refractivity contribution is -0.123. The molecule has 2 rings (SSSR count). The molecule has 110 valence electrons. The molecule has 0 N–H and O–H groups in total. The molecule has 0 bridgehead atoms. The van der Waals surface area contributed by atoms with Crippen LogP contribution in [-0.2, 0) is 11.2 Å². The van der Waals surface area contributed by atoms with Crippen LogP contribution in [0.4, 0.5) is 0 Å². The molecule has 0 spiro atoms. The predicted molar refractivity (Wildman–Crippen MR) is 85.1 cm³/mol. The molecule has 0 radical (unpaired) electrons. The third kappa shape index (κ3) is 3.94. The van der Waals surface area contributed by atoms with Crippen LogP contribution in [0.5, 0.6) is 0 Å². The van der Waals surface area contributed by atoms with Gasteiger partial charge in [-0.2, -0.15) is 0 Å².